The number of rotatable bonds is 5. The highest BCUT2D eigenvalue weighted by Gasteiger charge is 2.36. The molecule has 1 fully saturated rings. The van der Waals surface area contributed by atoms with Gasteiger partial charge in [-0.05, 0) is 38.1 Å². The molecule has 0 aromatic rings. The standard InChI is InChI=1S/C12H26N2O/c1-4-12(5-2)6-7-14(9-12)8-11(3,13)10-15/h15H,4-10,13H2,1-3H3. The molecule has 0 spiro atoms. The van der Waals surface area contributed by atoms with Crippen LogP contribution in [0.25, 0.3) is 0 Å². The van der Waals surface area contributed by atoms with Gasteiger partial charge in [0.1, 0.15) is 0 Å². The first kappa shape index (κ1) is 12.9. The van der Waals surface area contributed by atoms with E-state index in [0.29, 0.717) is 5.41 Å². The molecule has 1 unspecified atom stereocenters. The number of hydrogen-bond acceptors (Lipinski definition) is 3. The fourth-order valence-corrected chi connectivity index (χ4v) is 2.55. The second-order valence-electron chi connectivity index (χ2n) is 5.48. The van der Waals surface area contributed by atoms with Crippen molar-refractivity contribution in [3.63, 3.8) is 0 Å². The molecule has 1 saturated heterocycles. The van der Waals surface area contributed by atoms with Gasteiger partial charge in [0.25, 0.3) is 0 Å². The average molecular weight is 214 g/mol. The number of hydrogen-bond donors (Lipinski definition) is 2. The molecule has 15 heavy (non-hydrogen) atoms. The van der Waals surface area contributed by atoms with Crippen molar-refractivity contribution in [2.45, 2.75) is 45.6 Å². The molecule has 1 atom stereocenters. The van der Waals surface area contributed by atoms with Gasteiger partial charge >= 0.3 is 0 Å². The summed E-state index contributed by atoms with van der Waals surface area (Å²) in [5.74, 6) is 0. The number of likely N-dealkylation sites (tertiary alicyclic amines) is 1. The van der Waals surface area contributed by atoms with Crippen molar-refractivity contribution in [2.24, 2.45) is 11.1 Å². The molecule has 0 saturated carbocycles. The van der Waals surface area contributed by atoms with Crippen molar-refractivity contribution < 1.29 is 5.11 Å². The van der Waals surface area contributed by atoms with Crippen LogP contribution in [-0.2, 0) is 0 Å². The second-order valence-corrected chi connectivity index (χ2v) is 5.48. The zero-order valence-electron chi connectivity index (χ0n) is 10.4. The van der Waals surface area contributed by atoms with Gasteiger partial charge in [-0.25, -0.2) is 0 Å². The fraction of sp³-hybridized carbons (Fsp3) is 1.00. The summed E-state index contributed by atoms with van der Waals surface area (Å²) in [4.78, 5) is 2.41. The molecule has 0 aliphatic carbocycles. The van der Waals surface area contributed by atoms with E-state index in [2.05, 4.69) is 18.7 Å². The second kappa shape index (κ2) is 4.81. The summed E-state index contributed by atoms with van der Waals surface area (Å²) in [5.41, 5.74) is 6.03. The lowest BCUT2D eigenvalue weighted by Gasteiger charge is -2.31. The highest BCUT2D eigenvalue weighted by atomic mass is 16.3. The van der Waals surface area contributed by atoms with Crippen LogP contribution in [0.2, 0.25) is 0 Å². The van der Waals surface area contributed by atoms with E-state index in [1.54, 1.807) is 0 Å². The predicted molar refractivity (Wildman–Crippen MR) is 63.8 cm³/mol. The van der Waals surface area contributed by atoms with E-state index in [-0.39, 0.29) is 6.61 Å². The lowest BCUT2D eigenvalue weighted by molar-refractivity contribution is 0.150. The van der Waals surface area contributed by atoms with Crippen LogP contribution in [0, 0.1) is 5.41 Å². The van der Waals surface area contributed by atoms with Crippen molar-refractivity contribution in [2.75, 3.05) is 26.2 Å². The van der Waals surface area contributed by atoms with Crippen LogP contribution < -0.4 is 5.73 Å². The largest absolute Gasteiger partial charge is 0.394 e. The minimum atomic E-state index is -0.447. The van der Waals surface area contributed by atoms with E-state index in [1.165, 1.54) is 19.3 Å². The molecule has 1 rings (SSSR count). The van der Waals surface area contributed by atoms with Gasteiger partial charge in [0.2, 0.25) is 0 Å². The molecular formula is C12H26N2O. The van der Waals surface area contributed by atoms with E-state index in [9.17, 15) is 0 Å². The summed E-state index contributed by atoms with van der Waals surface area (Å²) < 4.78 is 0. The van der Waals surface area contributed by atoms with Crippen LogP contribution in [0.4, 0.5) is 0 Å². The molecule has 0 bridgehead atoms. The van der Waals surface area contributed by atoms with Crippen molar-refractivity contribution in [1.82, 2.24) is 4.90 Å². The number of aliphatic hydroxyl groups excluding tert-OH is 1. The summed E-state index contributed by atoms with van der Waals surface area (Å²) >= 11 is 0. The molecule has 1 aliphatic heterocycles. The normalized spacial score (nSPS) is 25.4. The summed E-state index contributed by atoms with van der Waals surface area (Å²) in [6.45, 7) is 9.63. The Morgan fingerprint density at radius 1 is 1.40 bits per heavy atom. The van der Waals surface area contributed by atoms with Crippen molar-refractivity contribution in [3.8, 4) is 0 Å². The number of nitrogens with two attached hydrogens (primary N) is 1. The van der Waals surface area contributed by atoms with E-state index in [0.717, 1.165) is 19.6 Å². The Kier molecular flexibility index (Phi) is 4.15. The zero-order valence-corrected chi connectivity index (χ0v) is 10.4. The molecule has 0 amide bonds. The van der Waals surface area contributed by atoms with Gasteiger partial charge in [-0.2, -0.15) is 0 Å². The third-order valence-electron chi connectivity index (χ3n) is 3.96. The topological polar surface area (TPSA) is 49.5 Å². The maximum Gasteiger partial charge on any atom is 0.0621 e. The van der Waals surface area contributed by atoms with Crippen molar-refractivity contribution in [1.29, 1.82) is 0 Å². The lowest BCUT2D eigenvalue weighted by Crippen LogP contribution is -2.50. The molecule has 1 heterocycles. The smallest absolute Gasteiger partial charge is 0.0621 e. The monoisotopic (exact) mass is 214 g/mol. The summed E-state index contributed by atoms with van der Waals surface area (Å²) in [5, 5.41) is 9.15. The molecule has 0 aromatic carbocycles. The number of aliphatic hydroxyl groups is 1. The van der Waals surface area contributed by atoms with E-state index < -0.39 is 5.54 Å². The maximum absolute atomic E-state index is 9.15. The van der Waals surface area contributed by atoms with Gasteiger partial charge in [0.15, 0.2) is 0 Å². The predicted octanol–water partition coefficient (Wildman–Crippen LogP) is 1.21. The highest BCUT2D eigenvalue weighted by Crippen LogP contribution is 2.37. The van der Waals surface area contributed by atoms with Gasteiger partial charge in [0.05, 0.1) is 6.61 Å². The molecule has 1 aliphatic rings. The van der Waals surface area contributed by atoms with Crippen LogP contribution in [0.3, 0.4) is 0 Å². The first-order valence-electron chi connectivity index (χ1n) is 6.09. The van der Waals surface area contributed by atoms with Gasteiger partial charge in [-0.15, -0.1) is 0 Å². The summed E-state index contributed by atoms with van der Waals surface area (Å²) in [6.07, 6.45) is 3.78. The molecule has 3 heteroatoms. The van der Waals surface area contributed by atoms with Gasteiger partial charge in [-0.3, -0.25) is 0 Å². The Bertz CT molecular complexity index is 200. The van der Waals surface area contributed by atoms with E-state index in [4.69, 9.17) is 10.8 Å². The van der Waals surface area contributed by atoms with Crippen LogP contribution >= 0.6 is 0 Å². The molecule has 0 radical (unpaired) electrons. The Balaban J connectivity index is 2.49. The first-order chi connectivity index (χ1) is 6.97. The quantitative estimate of drug-likeness (QED) is 0.723. The number of nitrogens with zero attached hydrogens (tertiary/aromatic N) is 1. The first-order valence-corrected chi connectivity index (χ1v) is 6.09. The third kappa shape index (κ3) is 3.16. The Morgan fingerprint density at radius 2 is 2.00 bits per heavy atom. The van der Waals surface area contributed by atoms with Crippen molar-refractivity contribution in [3.05, 3.63) is 0 Å². The molecular weight excluding hydrogens is 188 g/mol. The highest BCUT2D eigenvalue weighted by molar-refractivity contribution is 4.92. The van der Waals surface area contributed by atoms with E-state index in [1.807, 2.05) is 6.92 Å². The molecule has 3 N–H and O–H groups in total. The van der Waals surface area contributed by atoms with Gasteiger partial charge in [-0.1, -0.05) is 13.8 Å². The fourth-order valence-electron chi connectivity index (χ4n) is 2.55. The SMILES string of the molecule is CCC1(CC)CCN(CC(C)(N)CO)C1. The minimum Gasteiger partial charge on any atom is -0.394 e. The van der Waals surface area contributed by atoms with Crippen LogP contribution in [0.15, 0.2) is 0 Å². The van der Waals surface area contributed by atoms with Crippen LogP contribution in [0.5, 0.6) is 0 Å². The Hall–Kier alpha value is -0.120. The van der Waals surface area contributed by atoms with Crippen LogP contribution in [0.1, 0.15) is 40.0 Å². The Labute approximate surface area is 93.6 Å². The van der Waals surface area contributed by atoms with Gasteiger partial charge in [0, 0.05) is 18.6 Å². The van der Waals surface area contributed by atoms with Gasteiger partial charge < -0.3 is 15.7 Å². The average Bonchev–Trinajstić information content (AvgIpc) is 2.62. The molecule has 90 valence electrons. The van der Waals surface area contributed by atoms with Crippen molar-refractivity contribution >= 4 is 0 Å². The maximum atomic E-state index is 9.15. The van der Waals surface area contributed by atoms with E-state index >= 15 is 0 Å². The molecule has 0 aromatic heterocycles. The molecule has 3 nitrogen and oxygen atoms in total. The zero-order chi connectivity index (χ0) is 11.5. The summed E-state index contributed by atoms with van der Waals surface area (Å²) in [7, 11) is 0. The Morgan fingerprint density at radius 3 is 2.40 bits per heavy atom. The lowest BCUT2D eigenvalue weighted by atomic mass is 9.82. The summed E-state index contributed by atoms with van der Waals surface area (Å²) in [6, 6.07) is 0. The van der Waals surface area contributed by atoms with Crippen LogP contribution in [-0.4, -0.2) is 41.8 Å². The minimum absolute atomic E-state index is 0.0642. The third-order valence-corrected chi connectivity index (χ3v) is 3.96.